The van der Waals surface area contributed by atoms with Crippen LogP contribution in [-0.2, 0) is 0 Å². The molecule has 0 spiro atoms. The molecule has 0 saturated heterocycles. The fraction of sp³-hybridized carbons (Fsp3) is 1.00. The molecule has 0 heterocycles. The molecule has 70 valence electrons. The van der Waals surface area contributed by atoms with E-state index < -0.39 is 0 Å². The van der Waals surface area contributed by atoms with Crippen molar-refractivity contribution in [1.29, 1.82) is 0 Å². The highest BCUT2D eigenvalue weighted by Gasteiger charge is 1.95. The molecule has 0 fully saturated rings. The fourth-order valence-electron chi connectivity index (χ4n) is 0.455. The van der Waals surface area contributed by atoms with Crippen LogP contribution in [-0.4, -0.2) is 11.6 Å². The minimum absolute atomic E-state index is 0. The molecular weight excluding hydrogens is 136 g/mol. The standard InChI is InChI=1S/C5H13N.C4H11N/c1-3-4-5(2)6;1-4(2,3)5/h5H,3-4,6H2,1-2H3;5H2,1-3H3. The van der Waals surface area contributed by atoms with Crippen LogP contribution in [0.4, 0.5) is 0 Å². The highest BCUT2D eigenvalue weighted by atomic mass is 14.7. The highest BCUT2D eigenvalue weighted by Crippen LogP contribution is 1.88. The molecule has 0 aliphatic rings. The second-order valence-electron chi connectivity index (χ2n) is 4.13. The van der Waals surface area contributed by atoms with Crippen LogP contribution in [0.25, 0.3) is 0 Å². The molecule has 0 aliphatic carbocycles. The quantitative estimate of drug-likeness (QED) is 0.648. The van der Waals surface area contributed by atoms with Gasteiger partial charge in [-0.3, -0.25) is 0 Å². The van der Waals surface area contributed by atoms with Crippen molar-refractivity contribution < 1.29 is 0 Å². The Kier molecular flexibility index (Phi) is 8.13. The molecule has 2 heteroatoms. The molecule has 11 heavy (non-hydrogen) atoms. The lowest BCUT2D eigenvalue weighted by molar-refractivity contribution is 0.580. The molecular formula is C9H24N2. The highest BCUT2D eigenvalue weighted by molar-refractivity contribution is 4.60. The van der Waals surface area contributed by atoms with E-state index in [2.05, 4.69) is 6.92 Å². The smallest absolute Gasteiger partial charge is 0.00686 e. The number of hydrogen-bond donors (Lipinski definition) is 2. The first-order chi connectivity index (χ1) is 4.77. The van der Waals surface area contributed by atoms with E-state index in [1.165, 1.54) is 6.42 Å². The summed E-state index contributed by atoms with van der Waals surface area (Å²) >= 11 is 0. The molecule has 2 nitrogen and oxygen atoms in total. The van der Waals surface area contributed by atoms with Gasteiger partial charge in [0.05, 0.1) is 0 Å². The summed E-state index contributed by atoms with van der Waals surface area (Å²) in [5.41, 5.74) is 10.8. The lowest BCUT2D eigenvalue weighted by Gasteiger charge is -2.06. The molecule has 0 amide bonds. The van der Waals surface area contributed by atoms with Gasteiger partial charge in [0.1, 0.15) is 0 Å². The molecule has 4 N–H and O–H groups in total. The van der Waals surface area contributed by atoms with E-state index in [-0.39, 0.29) is 5.54 Å². The van der Waals surface area contributed by atoms with Gasteiger partial charge in [-0.2, -0.15) is 0 Å². The summed E-state index contributed by atoms with van der Waals surface area (Å²) in [6, 6.07) is 0.398. The Hall–Kier alpha value is -0.0800. The van der Waals surface area contributed by atoms with E-state index in [1.807, 2.05) is 27.7 Å². The van der Waals surface area contributed by atoms with Crippen molar-refractivity contribution in [1.82, 2.24) is 0 Å². The van der Waals surface area contributed by atoms with Crippen LogP contribution < -0.4 is 11.5 Å². The SMILES string of the molecule is CC(C)(C)N.CCCC(C)N. The van der Waals surface area contributed by atoms with Crippen molar-refractivity contribution in [2.24, 2.45) is 11.5 Å². The van der Waals surface area contributed by atoms with Crippen LogP contribution in [0.1, 0.15) is 47.5 Å². The topological polar surface area (TPSA) is 52.0 Å². The van der Waals surface area contributed by atoms with E-state index in [0.717, 1.165) is 6.42 Å². The Morgan fingerprint density at radius 3 is 1.55 bits per heavy atom. The molecule has 1 unspecified atom stereocenters. The normalized spacial score (nSPS) is 13.4. The number of rotatable bonds is 2. The van der Waals surface area contributed by atoms with Gasteiger partial charge in [-0.15, -0.1) is 0 Å². The summed E-state index contributed by atoms with van der Waals surface area (Å²) in [5, 5.41) is 0. The van der Waals surface area contributed by atoms with Crippen LogP contribution in [0.3, 0.4) is 0 Å². The van der Waals surface area contributed by atoms with Gasteiger partial charge < -0.3 is 11.5 Å². The van der Waals surface area contributed by atoms with E-state index >= 15 is 0 Å². The van der Waals surface area contributed by atoms with Crippen molar-refractivity contribution in [3.05, 3.63) is 0 Å². The van der Waals surface area contributed by atoms with Gasteiger partial charge in [-0.05, 0) is 34.1 Å². The third-order valence-corrected chi connectivity index (χ3v) is 0.744. The number of hydrogen-bond acceptors (Lipinski definition) is 2. The predicted molar refractivity (Wildman–Crippen MR) is 52.5 cm³/mol. The summed E-state index contributed by atoms with van der Waals surface area (Å²) in [6.45, 7) is 10.1. The van der Waals surface area contributed by atoms with Gasteiger partial charge in [0.25, 0.3) is 0 Å². The van der Waals surface area contributed by atoms with Gasteiger partial charge in [0, 0.05) is 11.6 Å². The van der Waals surface area contributed by atoms with Gasteiger partial charge in [0.2, 0.25) is 0 Å². The van der Waals surface area contributed by atoms with E-state index in [9.17, 15) is 0 Å². The Morgan fingerprint density at radius 2 is 1.55 bits per heavy atom. The molecule has 0 aromatic carbocycles. The van der Waals surface area contributed by atoms with Crippen LogP contribution in [0.15, 0.2) is 0 Å². The lowest BCUT2D eigenvalue weighted by atomic mass is 10.1. The van der Waals surface area contributed by atoms with Crippen molar-refractivity contribution in [2.75, 3.05) is 0 Å². The van der Waals surface area contributed by atoms with Gasteiger partial charge in [-0.1, -0.05) is 13.3 Å². The van der Waals surface area contributed by atoms with Crippen LogP contribution in [0.5, 0.6) is 0 Å². The van der Waals surface area contributed by atoms with E-state index in [1.54, 1.807) is 0 Å². The lowest BCUT2D eigenvalue weighted by Crippen LogP contribution is -2.26. The van der Waals surface area contributed by atoms with Crippen molar-refractivity contribution >= 4 is 0 Å². The van der Waals surface area contributed by atoms with Gasteiger partial charge in [0.15, 0.2) is 0 Å². The molecule has 0 saturated carbocycles. The summed E-state index contributed by atoms with van der Waals surface area (Å²) in [5.74, 6) is 0. The first kappa shape index (κ1) is 13.5. The molecule has 1 atom stereocenters. The first-order valence-corrected chi connectivity index (χ1v) is 4.31. The van der Waals surface area contributed by atoms with E-state index in [0.29, 0.717) is 6.04 Å². The molecule has 0 bridgehead atoms. The maximum absolute atomic E-state index is 5.40. The molecule has 0 aliphatic heterocycles. The largest absolute Gasteiger partial charge is 0.328 e. The zero-order chi connectivity index (χ0) is 9.49. The second kappa shape index (κ2) is 6.62. The third kappa shape index (κ3) is 73.0. The minimum atomic E-state index is 0. The average molecular weight is 160 g/mol. The van der Waals surface area contributed by atoms with Crippen LogP contribution in [0.2, 0.25) is 0 Å². The Labute approximate surface area is 71.3 Å². The summed E-state index contributed by atoms with van der Waals surface area (Å²) < 4.78 is 0. The molecule has 0 aromatic rings. The fourth-order valence-corrected chi connectivity index (χ4v) is 0.455. The van der Waals surface area contributed by atoms with Gasteiger partial charge in [-0.25, -0.2) is 0 Å². The average Bonchev–Trinajstić information content (AvgIpc) is 1.58. The maximum atomic E-state index is 5.40. The van der Waals surface area contributed by atoms with Crippen molar-refractivity contribution in [2.45, 2.75) is 59.0 Å². The predicted octanol–water partition coefficient (Wildman–Crippen LogP) is 1.88. The summed E-state index contributed by atoms with van der Waals surface area (Å²) in [7, 11) is 0. The van der Waals surface area contributed by atoms with Crippen LogP contribution >= 0.6 is 0 Å². The maximum Gasteiger partial charge on any atom is 0.00686 e. The van der Waals surface area contributed by atoms with Gasteiger partial charge >= 0.3 is 0 Å². The summed E-state index contributed by atoms with van der Waals surface area (Å²) in [6.07, 6.45) is 2.36. The zero-order valence-corrected chi connectivity index (χ0v) is 8.65. The summed E-state index contributed by atoms with van der Waals surface area (Å²) in [4.78, 5) is 0. The van der Waals surface area contributed by atoms with Crippen molar-refractivity contribution in [3.8, 4) is 0 Å². The third-order valence-electron chi connectivity index (χ3n) is 0.744. The molecule has 0 rings (SSSR count). The molecule has 0 radical (unpaired) electrons. The van der Waals surface area contributed by atoms with Crippen LogP contribution in [0, 0.1) is 0 Å². The Balaban J connectivity index is 0. The monoisotopic (exact) mass is 160 g/mol. The molecule has 0 aromatic heterocycles. The van der Waals surface area contributed by atoms with Crippen molar-refractivity contribution in [3.63, 3.8) is 0 Å². The minimum Gasteiger partial charge on any atom is -0.328 e. The van der Waals surface area contributed by atoms with E-state index in [4.69, 9.17) is 11.5 Å². The zero-order valence-electron chi connectivity index (χ0n) is 8.65. The second-order valence-corrected chi connectivity index (χ2v) is 4.13. The Morgan fingerprint density at radius 1 is 1.27 bits per heavy atom. The number of nitrogens with two attached hydrogens (primary N) is 2. The first-order valence-electron chi connectivity index (χ1n) is 4.31. The Bertz CT molecular complexity index is 66.1.